The SMILES string of the molecule is CC1=C(C(=O)O)C(c2ccc(C#N)cc2)N(Cc2cccc(/C=C/C(=O)O)c2)C(=O)N1c1cccc(C(F)(F)F)c1. The summed E-state index contributed by atoms with van der Waals surface area (Å²) in [6, 6.07) is 16.6. The molecule has 2 amide bonds. The van der Waals surface area contributed by atoms with E-state index in [9.17, 15) is 37.9 Å². The molecule has 8 nitrogen and oxygen atoms in total. The highest BCUT2D eigenvalue weighted by Gasteiger charge is 2.43. The zero-order chi connectivity index (χ0) is 29.9. The Kier molecular flexibility index (Phi) is 7.96. The molecule has 4 rings (SSSR count). The molecule has 11 heteroatoms. The van der Waals surface area contributed by atoms with Crippen molar-refractivity contribution >= 4 is 29.7 Å². The van der Waals surface area contributed by atoms with Gasteiger partial charge in [0.05, 0.1) is 34.5 Å². The average molecular weight is 562 g/mol. The fraction of sp³-hybridized carbons (Fsp3) is 0.133. The lowest BCUT2D eigenvalue weighted by Gasteiger charge is -2.42. The van der Waals surface area contributed by atoms with Crippen LogP contribution in [-0.4, -0.2) is 33.1 Å². The summed E-state index contributed by atoms with van der Waals surface area (Å²) in [5, 5.41) is 28.5. The third kappa shape index (κ3) is 6.12. The Balaban J connectivity index is 1.90. The first-order chi connectivity index (χ1) is 19.4. The molecule has 3 aromatic carbocycles. The molecule has 1 heterocycles. The van der Waals surface area contributed by atoms with Gasteiger partial charge in [-0.1, -0.05) is 36.4 Å². The van der Waals surface area contributed by atoms with E-state index in [0.29, 0.717) is 22.3 Å². The predicted octanol–water partition coefficient (Wildman–Crippen LogP) is 6.22. The van der Waals surface area contributed by atoms with Crippen LogP contribution in [0.5, 0.6) is 0 Å². The van der Waals surface area contributed by atoms with Crippen molar-refractivity contribution in [2.45, 2.75) is 25.7 Å². The fourth-order valence-corrected chi connectivity index (χ4v) is 4.66. The highest BCUT2D eigenvalue weighted by Crippen LogP contribution is 2.41. The van der Waals surface area contributed by atoms with Crippen LogP contribution in [0.3, 0.4) is 0 Å². The van der Waals surface area contributed by atoms with Gasteiger partial charge in [-0.25, -0.2) is 14.4 Å². The maximum absolute atomic E-state index is 14.1. The number of carbonyl (C=O) groups is 3. The number of alkyl halides is 3. The maximum Gasteiger partial charge on any atom is 0.416 e. The standard InChI is InChI=1S/C30H22F3N3O5/c1-18-26(28(39)40)27(22-11-8-20(16-34)9-12-22)35(17-21-5-2-4-19(14-21)10-13-25(37)38)29(41)36(18)24-7-3-6-23(15-24)30(31,32)33/h2-15,27H,17H2,1H3,(H,37,38)(H,39,40)/b13-10+. The number of benzene rings is 3. The first kappa shape index (κ1) is 28.6. The van der Waals surface area contributed by atoms with Gasteiger partial charge in [0.2, 0.25) is 0 Å². The number of carboxylic acid groups (broad SMARTS) is 2. The molecule has 0 aromatic heterocycles. The number of nitrogens with zero attached hydrogens (tertiary/aromatic N) is 3. The van der Waals surface area contributed by atoms with Crippen LogP contribution in [-0.2, 0) is 22.3 Å². The molecule has 0 fully saturated rings. The molecule has 0 bridgehead atoms. The number of rotatable bonds is 7. The van der Waals surface area contributed by atoms with E-state index in [1.807, 2.05) is 6.07 Å². The van der Waals surface area contributed by atoms with E-state index >= 15 is 0 Å². The van der Waals surface area contributed by atoms with Crippen molar-refractivity contribution in [3.8, 4) is 6.07 Å². The second-order valence-electron chi connectivity index (χ2n) is 9.15. The second kappa shape index (κ2) is 11.4. The number of hydrogen-bond acceptors (Lipinski definition) is 4. The van der Waals surface area contributed by atoms with Crippen LogP contribution in [0.25, 0.3) is 6.08 Å². The van der Waals surface area contributed by atoms with Gasteiger partial charge in [-0.2, -0.15) is 18.4 Å². The molecular formula is C30H22F3N3O5. The van der Waals surface area contributed by atoms with Crippen molar-refractivity contribution < 1.29 is 37.8 Å². The Morgan fingerprint density at radius 1 is 1.02 bits per heavy atom. The number of carbonyl (C=O) groups excluding carboxylic acids is 1. The van der Waals surface area contributed by atoms with Gasteiger partial charge in [0.15, 0.2) is 0 Å². The minimum atomic E-state index is -4.70. The molecule has 208 valence electrons. The van der Waals surface area contributed by atoms with Crippen LogP contribution in [0.2, 0.25) is 0 Å². The van der Waals surface area contributed by atoms with Gasteiger partial charge in [0.1, 0.15) is 0 Å². The number of halogens is 3. The van der Waals surface area contributed by atoms with E-state index in [-0.39, 0.29) is 23.5 Å². The normalized spacial score (nSPS) is 15.8. The van der Waals surface area contributed by atoms with Crippen molar-refractivity contribution in [3.05, 3.63) is 118 Å². The largest absolute Gasteiger partial charge is 0.478 e. The van der Waals surface area contributed by atoms with Gasteiger partial charge in [0, 0.05) is 18.3 Å². The zero-order valence-corrected chi connectivity index (χ0v) is 21.5. The van der Waals surface area contributed by atoms with E-state index in [0.717, 1.165) is 29.2 Å². The zero-order valence-electron chi connectivity index (χ0n) is 21.5. The highest BCUT2D eigenvalue weighted by atomic mass is 19.4. The molecule has 0 saturated heterocycles. The molecule has 0 spiro atoms. The van der Waals surface area contributed by atoms with Crippen molar-refractivity contribution in [1.82, 2.24) is 4.90 Å². The summed E-state index contributed by atoms with van der Waals surface area (Å²) in [5.74, 6) is -2.55. The van der Waals surface area contributed by atoms with Crippen LogP contribution >= 0.6 is 0 Å². The van der Waals surface area contributed by atoms with Gasteiger partial charge in [0.25, 0.3) is 0 Å². The van der Waals surface area contributed by atoms with Gasteiger partial charge in [-0.15, -0.1) is 0 Å². The number of hydrogen-bond donors (Lipinski definition) is 2. The smallest absolute Gasteiger partial charge is 0.416 e. The first-order valence-electron chi connectivity index (χ1n) is 12.1. The molecule has 1 aliphatic heterocycles. The number of nitriles is 1. The monoisotopic (exact) mass is 561 g/mol. The summed E-state index contributed by atoms with van der Waals surface area (Å²) in [7, 11) is 0. The van der Waals surface area contributed by atoms with Crippen LogP contribution < -0.4 is 4.90 Å². The lowest BCUT2D eigenvalue weighted by atomic mass is 9.91. The topological polar surface area (TPSA) is 122 Å². The van der Waals surface area contributed by atoms with E-state index in [2.05, 4.69) is 0 Å². The summed E-state index contributed by atoms with van der Waals surface area (Å²) >= 11 is 0. The quantitative estimate of drug-likeness (QED) is 0.331. The van der Waals surface area contributed by atoms with Crippen molar-refractivity contribution in [2.75, 3.05) is 4.90 Å². The highest BCUT2D eigenvalue weighted by molar-refractivity contribution is 6.02. The average Bonchev–Trinajstić information content (AvgIpc) is 2.93. The van der Waals surface area contributed by atoms with Crippen LogP contribution in [0.15, 0.2) is 90.1 Å². The third-order valence-corrected chi connectivity index (χ3v) is 6.49. The predicted molar refractivity (Wildman–Crippen MR) is 142 cm³/mol. The van der Waals surface area contributed by atoms with Crippen LogP contribution in [0.1, 0.15) is 40.8 Å². The Morgan fingerprint density at radius 2 is 1.71 bits per heavy atom. The lowest BCUT2D eigenvalue weighted by Crippen LogP contribution is -2.50. The van der Waals surface area contributed by atoms with Gasteiger partial charge >= 0.3 is 24.1 Å². The third-order valence-electron chi connectivity index (χ3n) is 6.49. The molecule has 2 N–H and O–H groups in total. The van der Waals surface area contributed by atoms with E-state index in [1.165, 1.54) is 48.2 Å². The number of allylic oxidation sites excluding steroid dienone is 1. The van der Waals surface area contributed by atoms with E-state index in [1.54, 1.807) is 24.3 Å². The lowest BCUT2D eigenvalue weighted by molar-refractivity contribution is -0.137. The number of anilines is 1. The summed E-state index contributed by atoms with van der Waals surface area (Å²) in [5.41, 5.74) is 0.220. The van der Waals surface area contributed by atoms with Crippen LogP contribution in [0, 0.1) is 11.3 Å². The van der Waals surface area contributed by atoms with E-state index in [4.69, 9.17) is 5.11 Å². The van der Waals surface area contributed by atoms with Gasteiger partial charge in [-0.3, -0.25) is 4.90 Å². The molecule has 0 saturated carbocycles. The fourth-order valence-electron chi connectivity index (χ4n) is 4.66. The Labute approximate surface area is 232 Å². The van der Waals surface area contributed by atoms with Gasteiger partial charge in [-0.05, 0) is 66.1 Å². The molecule has 1 unspecified atom stereocenters. The van der Waals surface area contributed by atoms with Crippen molar-refractivity contribution in [3.63, 3.8) is 0 Å². The Morgan fingerprint density at radius 3 is 2.32 bits per heavy atom. The van der Waals surface area contributed by atoms with Crippen molar-refractivity contribution in [2.24, 2.45) is 0 Å². The summed E-state index contributed by atoms with van der Waals surface area (Å²) in [4.78, 5) is 39.9. The Bertz CT molecular complexity index is 1620. The second-order valence-corrected chi connectivity index (χ2v) is 9.15. The van der Waals surface area contributed by atoms with Crippen molar-refractivity contribution in [1.29, 1.82) is 5.26 Å². The van der Waals surface area contributed by atoms with Gasteiger partial charge < -0.3 is 15.1 Å². The van der Waals surface area contributed by atoms with E-state index < -0.39 is 35.8 Å². The van der Waals surface area contributed by atoms with Crippen LogP contribution in [0.4, 0.5) is 23.7 Å². The summed E-state index contributed by atoms with van der Waals surface area (Å²) < 4.78 is 40.5. The summed E-state index contributed by atoms with van der Waals surface area (Å²) in [6.07, 6.45) is -2.41. The minimum Gasteiger partial charge on any atom is -0.478 e. The molecule has 0 radical (unpaired) electrons. The number of urea groups is 1. The summed E-state index contributed by atoms with van der Waals surface area (Å²) in [6.45, 7) is 1.19. The molecule has 1 aliphatic rings. The number of carboxylic acids is 2. The Hall–Kier alpha value is -5.37. The molecule has 41 heavy (non-hydrogen) atoms. The molecule has 1 atom stereocenters. The minimum absolute atomic E-state index is 0.0643. The molecule has 3 aromatic rings. The molecular weight excluding hydrogens is 539 g/mol. The maximum atomic E-state index is 14.1. The molecule has 0 aliphatic carbocycles. The number of aliphatic carboxylic acids is 2. The number of amides is 2. The first-order valence-corrected chi connectivity index (χ1v) is 12.1.